The molecule has 19 heavy (non-hydrogen) atoms. The van der Waals surface area contributed by atoms with Crippen molar-refractivity contribution >= 4 is 11.9 Å². The number of hydrogen-bond donors (Lipinski definition) is 1. The second-order valence-corrected chi connectivity index (χ2v) is 3.85. The molecule has 1 heterocycles. The lowest BCUT2D eigenvalue weighted by Gasteiger charge is -2.05. The minimum absolute atomic E-state index is 0.115. The fourth-order valence-electron chi connectivity index (χ4n) is 1.67. The summed E-state index contributed by atoms with van der Waals surface area (Å²) in [5.74, 6) is -1.80. The number of methoxy groups -OCH3 is 1. The number of hydrogen-bond acceptors (Lipinski definition) is 4. The van der Waals surface area contributed by atoms with Crippen LogP contribution in [0, 0.1) is 0 Å². The van der Waals surface area contributed by atoms with Gasteiger partial charge >= 0.3 is 11.9 Å². The molecular weight excluding hydrogens is 248 g/mol. The minimum Gasteiger partial charge on any atom is -0.476 e. The second kappa shape index (κ2) is 5.34. The molecule has 0 radical (unpaired) electrons. The van der Waals surface area contributed by atoms with E-state index in [2.05, 4.69) is 9.84 Å². The van der Waals surface area contributed by atoms with Crippen molar-refractivity contribution in [2.45, 2.75) is 6.54 Å². The van der Waals surface area contributed by atoms with Crippen molar-refractivity contribution < 1.29 is 19.4 Å². The Morgan fingerprint density at radius 2 is 2.00 bits per heavy atom. The van der Waals surface area contributed by atoms with E-state index in [4.69, 9.17) is 5.11 Å². The first-order valence-electron chi connectivity index (χ1n) is 5.55. The maximum Gasteiger partial charge on any atom is 0.356 e. The lowest BCUT2D eigenvalue weighted by Crippen LogP contribution is -2.12. The normalized spacial score (nSPS) is 10.2. The molecule has 1 aromatic carbocycles. The summed E-state index contributed by atoms with van der Waals surface area (Å²) >= 11 is 0. The Labute approximate surface area is 109 Å². The van der Waals surface area contributed by atoms with Crippen LogP contribution in [0.1, 0.15) is 26.5 Å². The Morgan fingerprint density at radius 3 is 2.58 bits per heavy atom. The van der Waals surface area contributed by atoms with Crippen LogP contribution >= 0.6 is 0 Å². The highest BCUT2D eigenvalue weighted by molar-refractivity contribution is 5.92. The summed E-state index contributed by atoms with van der Waals surface area (Å²) in [4.78, 5) is 22.5. The first kappa shape index (κ1) is 12.8. The van der Waals surface area contributed by atoms with Crippen LogP contribution in [0.15, 0.2) is 36.4 Å². The number of carbonyl (C=O) groups excluding carboxylic acids is 1. The average molecular weight is 260 g/mol. The van der Waals surface area contributed by atoms with Crippen molar-refractivity contribution in [2.75, 3.05) is 7.11 Å². The molecule has 6 heteroatoms. The Bertz CT molecular complexity index is 604. The molecule has 0 bridgehead atoms. The largest absolute Gasteiger partial charge is 0.476 e. The van der Waals surface area contributed by atoms with Gasteiger partial charge in [0.05, 0.1) is 13.7 Å². The number of nitrogens with zero attached hydrogens (tertiary/aromatic N) is 2. The maximum atomic E-state index is 11.6. The molecule has 0 unspecified atom stereocenters. The summed E-state index contributed by atoms with van der Waals surface area (Å²) in [6.07, 6.45) is 0. The predicted molar refractivity (Wildman–Crippen MR) is 66.1 cm³/mol. The smallest absolute Gasteiger partial charge is 0.356 e. The van der Waals surface area contributed by atoms with E-state index in [1.807, 2.05) is 30.3 Å². The zero-order valence-electron chi connectivity index (χ0n) is 10.2. The molecule has 2 rings (SSSR count). The van der Waals surface area contributed by atoms with E-state index in [0.717, 1.165) is 5.56 Å². The van der Waals surface area contributed by atoms with Crippen molar-refractivity contribution in [3.05, 3.63) is 53.3 Å². The van der Waals surface area contributed by atoms with E-state index in [1.54, 1.807) is 0 Å². The number of carboxylic acids is 1. The van der Waals surface area contributed by atoms with Crippen LogP contribution in [0.2, 0.25) is 0 Å². The summed E-state index contributed by atoms with van der Waals surface area (Å²) < 4.78 is 5.94. The molecule has 0 spiro atoms. The van der Waals surface area contributed by atoms with Gasteiger partial charge in [-0.1, -0.05) is 30.3 Å². The van der Waals surface area contributed by atoms with Gasteiger partial charge in [0.15, 0.2) is 5.69 Å². The SMILES string of the molecule is COC(=O)c1cc(C(=O)O)nn1Cc1ccccc1. The van der Waals surface area contributed by atoms with E-state index in [1.165, 1.54) is 17.9 Å². The molecule has 98 valence electrons. The summed E-state index contributed by atoms with van der Waals surface area (Å²) in [5, 5.41) is 12.8. The van der Waals surface area contributed by atoms with E-state index in [9.17, 15) is 9.59 Å². The highest BCUT2D eigenvalue weighted by atomic mass is 16.5. The van der Waals surface area contributed by atoms with Gasteiger partial charge in [0.2, 0.25) is 0 Å². The number of aromatic carboxylic acids is 1. The number of rotatable bonds is 4. The van der Waals surface area contributed by atoms with Gasteiger partial charge in [0.25, 0.3) is 0 Å². The number of aromatic nitrogens is 2. The van der Waals surface area contributed by atoms with Crippen LogP contribution in [0.3, 0.4) is 0 Å². The molecule has 1 N–H and O–H groups in total. The Morgan fingerprint density at radius 1 is 1.32 bits per heavy atom. The van der Waals surface area contributed by atoms with Crippen LogP contribution < -0.4 is 0 Å². The standard InChI is InChI=1S/C13H12N2O4/c1-19-13(18)11-7-10(12(16)17)14-15(11)8-9-5-3-2-4-6-9/h2-7H,8H2,1H3,(H,16,17). The number of carboxylic acid groups (broad SMARTS) is 1. The van der Waals surface area contributed by atoms with Crippen LogP contribution in [0.5, 0.6) is 0 Å². The molecule has 0 aliphatic carbocycles. The number of carbonyl (C=O) groups is 2. The number of ether oxygens (including phenoxy) is 1. The summed E-state index contributed by atoms with van der Waals surface area (Å²) in [6, 6.07) is 10.5. The lowest BCUT2D eigenvalue weighted by atomic mass is 10.2. The van der Waals surface area contributed by atoms with E-state index in [0.29, 0.717) is 6.54 Å². The van der Waals surface area contributed by atoms with Crippen molar-refractivity contribution in [2.24, 2.45) is 0 Å². The topological polar surface area (TPSA) is 81.4 Å². The monoisotopic (exact) mass is 260 g/mol. The van der Waals surface area contributed by atoms with Crippen LogP contribution in [-0.4, -0.2) is 33.9 Å². The molecule has 0 fully saturated rings. The zero-order valence-corrected chi connectivity index (χ0v) is 10.2. The van der Waals surface area contributed by atoms with E-state index >= 15 is 0 Å². The third-order valence-electron chi connectivity index (χ3n) is 2.57. The average Bonchev–Trinajstić information content (AvgIpc) is 2.83. The number of benzene rings is 1. The van der Waals surface area contributed by atoms with Crippen LogP contribution in [-0.2, 0) is 11.3 Å². The highest BCUT2D eigenvalue weighted by Crippen LogP contribution is 2.10. The third-order valence-corrected chi connectivity index (χ3v) is 2.57. The van der Waals surface area contributed by atoms with Gasteiger partial charge in [0, 0.05) is 6.07 Å². The second-order valence-electron chi connectivity index (χ2n) is 3.85. The number of esters is 1. The first-order chi connectivity index (χ1) is 9.11. The van der Waals surface area contributed by atoms with E-state index < -0.39 is 11.9 Å². The molecule has 2 aromatic rings. The molecule has 0 aliphatic rings. The molecule has 0 saturated heterocycles. The Hall–Kier alpha value is -2.63. The van der Waals surface area contributed by atoms with Gasteiger partial charge in [-0.15, -0.1) is 0 Å². The minimum atomic E-state index is -1.18. The predicted octanol–water partition coefficient (Wildman–Crippen LogP) is 1.42. The third kappa shape index (κ3) is 2.79. The zero-order chi connectivity index (χ0) is 13.8. The van der Waals surface area contributed by atoms with Crippen LogP contribution in [0.4, 0.5) is 0 Å². The molecule has 0 amide bonds. The van der Waals surface area contributed by atoms with Gasteiger partial charge < -0.3 is 9.84 Å². The lowest BCUT2D eigenvalue weighted by molar-refractivity contribution is 0.0586. The quantitative estimate of drug-likeness (QED) is 0.841. The molecule has 6 nitrogen and oxygen atoms in total. The van der Waals surface area contributed by atoms with Gasteiger partial charge in [-0.3, -0.25) is 4.68 Å². The summed E-state index contributed by atoms with van der Waals surface area (Å²) in [5.41, 5.74) is 0.841. The molecular formula is C13H12N2O4. The first-order valence-corrected chi connectivity index (χ1v) is 5.55. The molecule has 0 saturated carbocycles. The summed E-state index contributed by atoms with van der Waals surface area (Å²) in [7, 11) is 1.24. The van der Waals surface area contributed by atoms with Gasteiger partial charge in [-0.25, -0.2) is 9.59 Å². The highest BCUT2D eigenvalue weighted by Gasteiger charge is 2.19. The fraction of sp³-hybridized carbons (Fsp3) is 0.154. The molecule has 0 aliphatic heterocycles. The molecule has 0 atom stereocenters. The van der Waals surface area contributed by atoms with Crippen molar-refractivity contribution in [1.82, 2.24) is 9.78 Å². The Kier molecular flexibility index (Phi) is 3.61. The van der Waals surface area contributed by atoms with Crippen LogP contribution in [0.25, 0.3) is 0 Å². The van der Waals surface area contributed by atoms with Crippen molar-refractivity contribution in [1.29, 1.82) is 0 Å². The van der Waals surface area contributed by atoms with Gasteiger partial charge in [-0.2, -0.15) is 5.10 Å². The molecule has 1 aromatic heterocycles. The fourth-order valence-corrected chi connectivity index (χ4v) is 1.67. The Balaban J connectivity index is 2.37. The van der Waals surface area contributed by atoms with Gasteiger partial charge in [-0.05, 0) is 5.56 Å². The van der Waals surface area contributed by atoms with E-state index in [-0.39, 0.29) is 11.4 Å². The summed E-state index contributed by atoms with van der Waals surface area (Å²) in [6.45, 7) is 0.304. The van der Waals surface area contributed by atoms with Crippen molar-refractivity contribution in [3.8, 4) is 0 Å². The maximum absolute atomic E-state index is 11.6. The van der Waals surface area contributed by atoms with Crippen molar-refractivity contribution in [3.63, 3.8) is 0 Å². The van der Waals surface area contributed by atoms with Gasteiger partial charge in [0.1, 0.15) is 5.69 Å².